The van der Waals surface area contributed by atoms with E-state index >= 15 is 0 Å². The number of hydrogen-bond acceptors (Lipinski definition) is 4. The topological polar surface area (TPSA) is 66.4 Å². The number of rotatable bonds is 7. The molecule has 2 heterocycles. The molecule has 36 heavy (non-hydrogen) atoms. The van der Waals surface area contributed by atoms with Crippen molar-refractivity contribution in [2.75, 3.05) is 26.2 Å². The van der Waals surface area contributed by atoms with Gasteiger partial charge in [0.05, 0.1) is 0 Å². The first-order valence-corrected chi connectivity index (χ1v) is 13.6. The van der Waals surface area contributed by atoms with E-state index in [0.29, 0.717) is 17.5 Å². The van der Waals surface area contributed by atoms with Gasteiger partial charge in [-0.3, -0.25) is 14.5 Å². The lowest BCUT2D eigenvalue weighted by Gasteiger charge is -2.22. The zero-order valence-corrected chi connectivity index (χ0v) is 21.2. The fourth-order valence-electron chi connectivity index (χ4n) is 5.35. The summed E-state index contributed by atoms with van der Waals surface area (Å²) in [5, 5.41) is 8.42. The highest BCUT2D eigenvalue weighted by Gasteiger charge is 2.25. The molecular weight excluding hydrogens is 448 g/mol. The van der Waals surface area contributed by atoms with Crippen LogP contribution in [0, 0.1) is 12.8 Å². The smallest absolute Gasteiger partial charge is 0.258 e. The molecule has 1 amide bonds. The molecule has 0 spiro atoms. The monoisotopic (exact) mass is 484 g/mol. The normalized spacial score (nSPS) is 18.8. The van der Waals surface area contributed by atoms with Crippen molar-refractivity contribution in [3.05, 3.63) is 69.6 Å². The molecule has 2 saturated carbocycles. The van der Waals surface area contributed by atoms with Gasteiger partial charge in [-0.05, 0) is 110 Å². The van der Waals surface area contributed by atoms with E-state index < -0.39 is 0 Å². The van der Waals surface area contributed by atoms with Crippen molar-refractivity contribution in [2.45, 2.75) is 58.2 Å². The van der Waals surface area contributed by atoms with Crippen LogP contribution in [-0.2, 0) is 13.1 Å². The van der Waals surface area contributed by atoms with Crippen molar-refractivity contribution < 1.29 is 4.79 Å². The second-order valence-electron chi connectivity index (χ2n) is 11.0. The van der Waals surface area contributed by atoms with Gasteiger partial charge < -0.3 is 15.2 Å². The van der Waals surface area contributed by atoms with E-state index in [0.717, 1.165) is 86.0 Å². The molecule has 3 aliphatic rings. The quantitative estimate of drug-likeness (QED) is 0.531. The van der Waals surface area contributed by atoms with Crippen LogP contribution in [-0.4, -0.2) is 47.6 Å². The Hall–Kier alpha value is -2.96. The Balaban J connectivity index is 1.41. The number of pyridine rings is 1. The Morgan fingerprint density at radius 1 is 1.03 bits per heavy atom. The van der Waals surface area contributed by atoms with Gasteiger partial charge in [-0.25, -0.2) is 0 Å². The number of carbonyl (C=O) groups excluding carboxylic acids is 1. The van der Waals surface area contributed by atoms with E-state index in [1.807, 2.05) is 28.8 Å². The van der Waals surface area contributed by atoms with Gasteiger partial charge >= 0.3 is 0 Å². The SMILES string of the molecule is Cc1ccc(C(=O)NC2CC2)cc1-c1ccc2c(=O)n(CC3CC3)cc(CN3CCCNCC3)c2c1. The Kier molecular flexibility index (Phi) is 6.40. The van der Waals surface area contributed by atoms with E-state index in [-0.39, 0.29) is 11.5 Å². The van der Waals surface area contributed by atoms with Crippen LogP contribution in [0.3, 0.4) is 0 Å². The van der Waals surface area contributed by atoms with Gasteiger partial charge in [-0.2, -0.15) is 0 Å². The average molecular weight is 485 g/mol. The minimum Gasteiger partial charge on any atom is -0.349 e. The molecule has 3 aromatic rings. The molecule has 1 aliphatic heterocycles. The highest BCUT2D eigenvalue weighted by atomic mass is 16.1. The molecule has 2 N–H and O–H groups in total. The number of fused-ring (bicyclic) bond motifs is 1. The molecule has 0 bridgehead atoms. The average Bonchev–Trinajstić information content (AvgIpc) is 3.78. The second kappa shape index (κ2) is 9.83. The molecule has 0 atom stereocenters. The summed E-state index contributed by atoms with van der Waals surface area (Å²) in [5.74, 6) is 0.639. The van der Waals surface area contributed by atoms with Crippen LogP contribution in [0.15, 0.2) is 47.4 Å². The first kappa shape index (κ1) is 23.4. The van der Waals surface area contributed by atoms with Crippen LogP contribution in [0.5, 0.6) is 0 Å². The third-order valence-corrected chi connectivity index (χ3v) is 7.87. The minimum absolute atomic E-state index is 0.00189. The van der Waals surface area contributed by atoms with Crippen molar-refractivity contribution in [1.29, 1.82) is 0 Å². The van der Waals surface area contributed by atoms with Crippen LogP contribution in [0.2, 0.25) is 0 Å². The van der Waals surface area contributed by atoms with Gasteiger partial charge in [-0.15, -0.1) is 0 Å². The molecule has 0 radical (unpaired) electrons. The van der Waals surface area contributed by atoms with Gasteiger partial charge in [0.1, 0.15) is 0 Å². The molecule has 1 saturated heterocycles. The fourth-order valence-corrected chi connectivity index (χ4v) is 5.35. The molecule has 6 rings (SSSR count). The van der Waals surface area contributed by atoms with Crippen LogP contribution in [0.25, 0.3) is 21.9 Å². The zero-order valence-electron chi connectivity index (χ0n) is 21.2. The summed E-state index contributed by atoms with van der Waals surface area (Å²) in [7, 11) is 0. The lowest BCUT2D eigenvalue weighted by Crippen LogP contribution is -2.29. The number of nitrogens with zero attached hydrogens (tertiary/aromatic N) is 2. The lowest BCUT2D eigenvalue weighted by atomic mass is 9.94. The summed E-state index contributed by atoms with van der Waals surface area (Å²) in [6.07, 6.45) is 7.85. The van der Waals surface area contributed by atoms with E-state index in [2.05, 4.69) is 40.8 Å². The van der Waals surface area contributed by atoms with Crippen LogP contribution in [0.4, 0.5) is 0 Å². The number of benzene rings is 2. The van der Waals surface area contributed by atoms with Crippen molar-refractivity contribution in [3.8, 4) is 11.1 Å². The highest BCUT2D eigenvalue weighted by molar-refractivity contribution is 5.97. The number of aromatic nitrogens is 1. The number of amides is 1. The van der Waals surface area contributed by atoms with Crippen molar-refractivity contribution in [2.24, 2.45) is 5.92 Å². The van der Waals surface area contributed by atoms with Crippen LogP contribution < -0.4 is 16.2 Å². The van der Waals surface area contributed by atoms with Crippen molar-refractivity contribution in [1.82, 2.24) is 20.1 Å². The summed E-state index contributed by atoms with van der Waals surface area (Å²) in [4.78, 5) is 28.7. The van der Waals surface area contributed by atoms with E-state index in [4.69, 9.17) is 0 Å². The predicted octanol–water partition coefficient (Wildman–Crippen LogP) is 4.07. The van der Waals surface area contributed by atoms with Gasteiger partial charge in [0.15, 0.2) is 0 Å². The van der Waals surface area contributed by atoms with Crippen LogP contribution >= 0.6 is 0 Å². The van der Waals surface area contributed by atoms with Gasteiger partial charge in [0.2, 0.25) is 0 Å². The molecule has 6 nitrogen and oxygen atoms in total. The molecule has 2 aliphatic carbocycles. The number of carbonyl (C=O) groups is 1. The summed E-state index contributed by atoms with van der Waals surface area (Å²) in [6.45, 7) is 7.89. The van der Waals surface area contributed by atoms with E-state index in [9.17, 15) is 9.59 Å². The maximum Gasteiger partial charge on any atom is 0.258 e. The minimum atomic E-state index is -0.00189. The van der Waals surface area contributed by atoms with Gasteiger partial charge in [0.25, 0.3) is 11.5 Å². The van der Waals surface area contributed by atoms with E-state index in [1.54, 1.807) is 0 Å². The fraction of sp³-hybridized carbons (Fsp3) is 0.467. The zero-order chi connectivity index (χ0) is 24.6. The Morgan fingerprint density at radius 2 is 1.89 bits per heavy atom. The number of aryl methyl sites for hydroxylation is 1. The first-order chi connectivity index (χ1) is 17.5. The molecule has 188 valence electrons. The largest absolute Gasteiger partial charge is 0.349 e. The Labute approximate surface area is 212 Å². The van der Waals surface area contributed by atoms with Gasteiger partial charge in [-0.1, -0.05) is 12.1 Å². The number of hydrogen-bond donors (Lipinski definition) is 2. The van der Waals surface area contributed by atoms with Crippen molar-refractivity contribution in [3.63, 3.8) is 0 Å². The highest BCUT2D eigenvalue weighted by Crippen LogP contribution is 2.32. The van der Waals surface area contributed by atoms with E-state index in [1.165, 1.54) is 18.4 Å². The molecule has 3 fully saturated rings. The summed E-state index contributed by atoms with van der Waals surface area (Å²) in [5.41, 5.74) is 5.25. The third-order valence-electron chi connectivity index (χ3n) is 7.87. The molecule has 1 aromatic heterocycles. The summed E-state index contributed by atoms with van der Waals surface area (Å²) in [6, 6.07) is 12.5. The lowest BCUT2D eigenvalue weighted by molar-refractivity contribution is 0.0951. The Morgan fingerprint density at radius 3 is 2.69 bits per heavy atom. The van der Waals surface area contributed by atoms with Crippen molar-refractivity contribution >= 4 is 16.7 Å². The molecule has 2 aromatic carbocycles. The van der Waals surface area contributed by atoms with Crippen LogP contribution in [0.1, 0.15) is 53.6 Å². The Bertz CT molecular complexity index is 1350. The molecular formula is C30H36N4O2. The standard InChI is InChI=1S/C30H36N4O2/c1-20-3-6-23(29(35)32-25-8-9-25)16-27(20)22-7-10-26-28(15-22)24(18-33-13-2-11-31-12-14-33)19-34(30(26)36)17-21-4-5-21/h3,6-7,10,15-16,19,21,25,31H,2,4-5,8-9,11-14,17-18H2,1H3,(H,32,35). The number of nitrogens with one attached hydrogen (secondary N) is 2. The summed E-state index contributed by atoms with van der Waals surface area (Å²) < 4.78 is 1.96. The maximum absolute atomic E-state index is 13.4. The molecule has 6 heteroatoms. The second-order valence-corrected chi connectivity index (χ2v) is 11.0. The molecule has 0 unspecified atom stereocenters. The predicted molar refractivity (Wildman–Crippen MR) is 144 cm³/mol. The third kappa shape index (κ3) is 5.11. The first-order valence-electron chi connectivity index (χ1n) is 13.6. The maximum atomic E-state index is 13.4. The summed E-state index contributed by atoms with van der Waals surface area (Å²) >= 11 is 0. The van der Waals surface area contributed by atoms with Gasteiger partial charge in [0, 0.05) is 49.4 Å².